The Hall–Kier alpha value is -1.06. The van der Waals surface area contributed by atoms with E-state index in [2.05, 4.69) is 58.7 Å². The van der Waals surface area contributed by atoms with E-state index in [0.29, 0.717) is 0 Å². The van der Waals surface area contributed by atoms with Crippen LogP contribution in [0.2, 0.25) is 0 Å². The molecule has 0 atom stereocenters. The molecular formula is C15H16BrNO. The van der Waals surface area contributed by atoms with E-state index in [0.717, 1.165) is 24.1 Å². The summed E-state index contributed by atoms with van der Waals surface area (Å²) in [5, 5.41) is 1.33. The first-order valence-electron chi connectivity index (χ1n) is 6.20. The number of benzene rings is 1. The minimum atomic E-state index is 0.718. The molecule has 2 aromatic rings. The fourth-order valence-corrected chi connectivity index (χ4v) is 3.10. The van der Waals surface area contributed by atoms with Crippen LogP contribution >= 0.6 is 15.9 Å². The summed E-state index contributed by atoms with van der Waals surface area (Å²) in [6.07, 6.45) is 3.15. The van der Waals surface area contributed by atoms with E-state index in [1.807, 2.05) is 0 Å². The summed E-state index contributed by atoms with van der Waals surface area (Å²) < 4.78 is 9.01. The van der Waals surface area contributed by atoms with Crippen molar-refractivity contribution in [2.24, 2.45) is 7.05 Å². The first-order valence-corrected chi connectivity index (χ1v) is 6.99. The lowest BCUT2D eigenvalue weighted by Crippen LogP contribution is -2.07. The van der Waals surface area contributed by atoms with Crippen LogP contribution in [-0.4, -0.2) is 17.8 Å². The second kappa shape index (κ2) is 4.56. The van der Waals surface area contributed by atoms with Crippen molar-refractivity contribution in [2.45, 2.75) is 13.3 Å². The van der Waals surface area contributed by atoms with Gasteiger partial charge < -0.3 is 9.30 Å². The number of hydrogen-bond acceptors (Lipinski definition) is 1. The van der Waals surface area contributed by atoms with Crippen molar-refractivity contribution < 1.29 is 4.74 Å². The van der Waals surface area contributed by atoms with E-state index in [9.17, 15) is 0 Å². The molecule has 1 aromatic carbocycles. The van der Waals surface area contributed by atoms with Crippen LogP contribution in [0.5, 0.6) is 0 Å². The van der Waals surface area contributed by atoms with Crippen molar-refractivity contribution in [3.63, 3.8) is 0 Å². The number of fused-ring (bicyclic) bond motifs is 3. The lowest BCUT2D eigenvalue weighted by molar-refractivity contribution is 0.164. The van der Waals surface area contributed by atoms with Gasteiger partial charge in [-0.1, -0.05) is 22.0 Å². The van der Waals surface area contributed by atoms with Crippen LogP contribution in [0.15, 0.2) is 28.7 Å². The Morgan fingerprint density at radius 2 is 2.17 bits per heavy atom. The molecule has 2 heterocycles. The van der Waals surface area contributed by atoms with Crippen molar-refractivity contribution in [1.82, 2.24) is 4.57 Å². The molecule has 0 radical (unpaired) electrons. The number of aryl methyl sites for hydroxylation is 1. The highest BCUT2D eigenvalue weighted by Crippen LogP contribution is 2.33. The van der Waals surface area contributed by atoms with E-state index in [1.54, 1.807) is 0 Å². The Bertz CT molecular complexity index is 639. The van der Waals surface area contributed by atoms with Gasteiger partial charge in [-0.15, -0.1) is 0 Å². The Morgan fingerprint density at radius 3 is 3.00 bits per heavy atom. The van der Waals surface area contributed by atoms with Gasteiger partial charge in [-0.05, 0) is 30.7 Å². The number of rotatable bonds is 0. The molecule has 1 aliphatic heterocycles. The molecule has 0 unspecified atom stereocenters. The minimum absolute atomic E-state index is 0.718. The zero-order valence-corrected chi connectivity index (χ0v) is 12.3. The van der Waals surface area contributed by atoms with Crippen molar-refractivity contribution in [3.05, 3.63) is 40.0 Å². The topological polar surface area (TPSA) is 14.2 Å². The van der Waals surface area contributed by atoms with Crippen LogP contribution < -0.4 is 0 Å². The zero-order chi connectivity index (χ0) is 12.7. The molecule has 0 saturated heterocycles. The lowest BCUT2D eigenvalue weighted by atomic mass is 10.0. The molecule has 1 aliphatic rings. The van der Waals surface area contributed by atoms with E-state index in [1.165, 1.54) is 27.7 Å². The maximum atomic E-state index is 5.58. The maximum Gasteiger partial charge on any atom is 0.0653 e. The molecular weight excluding hydrogens is 290 g/mol. The van der Waals surface area contributed by atoms with Gasteiger partial charge in [0.15, 0.2) is 0 Å². The SMILES string of the molecule is C/C1=C/COCCc2c1c1cc(Br)ccc1n2C. The summed E-state index contributed by atoms with van der Waals surface area (Å²) in [6.45, 7) is 3.69. The van der Waals surface area contributed by atoms with Gasteiger partial charge in [0.1, 0.15) is 0 Å². The normalized spacial score (nSPS) is 18.9. The number of aromatic nitrogens is 1. The monoisotopic (exact) mass is 305 g/mol. The van der Waals surface area contributed by atoms with Gasteiger partial charge in [0, 0.05) is 40.1 Å². The van der Waals surface area contributed by atoms with Gasteiger partial charge in [0.25, 0.3) is 0 Å². The van der Waals surface area contributed by atoms with Gasteiger partial charge >= 0.3 is 0 Å². The van der Waals surface area contributed by atoms with E-state index in [4.69, 9.17) is 4.74 Å². The van der Waals surface area contributed by atoms with Crippen molar-refractivity contribution >= 4 is 32.4 Å². The molecule has 3 heteroatoms. The summed E-state index contributed by atoms with van der Waals surface area (Å²) in [5.41, 5.74) is 5.36. The van der Waals surface area contributed by atoms with Gasteiger partial charge in [0.2, 0.25) is 0 Å². The lowest BCUT2D eigenvalue weighted by Gasteiger charge is -2.12. The molecule has 94 valence electrons. The fraction of sp³-hybridized carbons (Fsp3) is 0.333. The molecule has 0 amide bonds. The molecule has 0 fully saturated rings. The molecule has 2 nitrogen and oxygen atoms in total. The molecule has 0 bridgehead atoms. The Morgan fingerprint density at radius 1 is 1.33 bits per heavy atom. The molecule has 0 N–H and O–H groups in total. The predicted octanol–water partition coefficient (Wildman–Crippen LogP) is 3.92. The fourth-order valence-electron chi connectivity index (χ4n) is 2.74. The third-order valence-corrected chi connectivity index (χ3v) is 4.16. The molecule has 3 rings (SSSR count). The summed E-state index contributed by atoms with van der Waals surface area (Å²) in [6, 6.07) is 6.50. The molecule has 0 spiro atoms. The van der Waals surface area contributed by atoms with E-state index in [-0.39, 0.29) is 0 Å². The van der Waals surface area contributed by atoms with Crippen molar-refractivity contribution in [3.8, 4) is 0 Å². The Balaban J connectivity index is 2.38. The average Bonchev–Trinajstić information content (AvgIpc) is 2.58. The quantitative estimate of drug-likeness (QED) is 0.719. The highest BCUT2D eigenvalue weighted by molar-refractivity contribution is 9.10. The number of halogens is 1. The Kier molecular flexibility index (Phi) is 3.04. The summed E-state index contributed by atoms with van der Waals surface area (Å²) in [4.78, 5) is 0. The zero-order valence-electron chi connectivity index (χ0n) is 10.7. The highest BCUT2D eigenvalue weighted by atomic mass is 79.9. The van der Waals surface area contributed by atoms with Crippen LogP contribution in [0.1, 0.15) is 18.2 Å². The maximum absolute atomic E-state index is 5.58. The number of hydrogen-bond donors (Lipinski definition) is 0. The van der Waals surface area contributed by atoms with Crippen LogP contribution in [0, 0.1) is 0 Å². The van der Waals surface area contributed by atoms with Crippen LogP contribution in [0.25, 0.3) is 16.5 Å². The van der Waals surface area contributed by atoms with Crippen LogP contribution in [-0.2, 0) is 18.2 Å². The average molecular weight is 306 g/mol. The molecule has 0 aliphatic carbocycles. The second-order valence-corrected chi connectivity index (χ2v) is 5.67. The number of ether oxygens (including phenoxy) is 1. The van der Waals surface area contributed by atoms with E-state index >= 15 is 0 Å². The highest BCUT2D eigenvalue weighted by Gasteiger charge is 2.17. The number of allylic oxidation sites excluding steroid dienone is 1. The third-order valence-electron chi connectivity index (χ3n) is 3.67. The minimum Gasteiger partial charge on any atom is -0.377 e. The first-order chi connectivity index (χ1) is 8.68. The van der Waals surface area contributed by atoms with Gasteiger partial charge in [-0.2, -0.15) is 0 Å². The largest absolute Gasteiger partial charge is 0.377 e. The van der Waals surface area contributed by atoms with Crippen LogP contribution in [0.3, 0.4) is 0 Å². The van der Waals surface area contributed by atoms with Crippen LogP contribution in [0.4, 0.5) is 0 Å². The van der Waals surface area contributed by atoms with Gasteiger partial charge in [-0.25, -0.2) is 0 Å². The number of nitrogens with zero attached hydrogens (tertiary/aromatic N) is 1. The first kappa shape index (κ1) is 12.0. The standard InChI is InChI=1S/C15H16BrNO/c1-10-5-7-18-8-6-14-15(10)12-9-11(16)3-4-13(12)17(14)2/h3-5,9H,6-8H2,1-2H3/b10-5-. The van der Waals surface area contributed by atoms with Gasteiger partial charge in [-0.3, -0.25) is 0 Å². The third kappa shape index (κ3) is 1.82. The van der Waals surface area contributed by atoms with Crippen molar-refractivity contribution in [2.75, 3.05) is 13.2 Å². The molecule has 18 heavy (non-hydrogen) atoms. The molecule has 0 saturated carbocycles. The summed E-state index contributed by atoms with van der Waals surface area (Å²) in [5.74, 6) is 0. The summed E-state index contributed by atoms with van der Waals surface area (Å²) >= 11 is 3.57. The predicted molar refractivity (Wildman–Crippen MR) is 78.8 cm³/mol. The van der Waals surface area contributed by atoms with E-state index < -0.39 is 0 Å². The Labute approximate surface area is 115 Å². The summed E-state index contributed by atoms with van der Waals surface area (Å²) in [7, 11) is 2.14. The molecule has 1 aromatic heterocycles. The smallest absolute Gasteiger partial charge is 0.0653 e. The van der Waals surface area contributed by atoms with Gasteiger partial charge in [0.05, 0.1) is 13.2 Å². The second-order valence-electron chi connectivity index (χ2n) is 4.75. The van der Waals surface area contributed by atoms with Crippen molar-refractivity contribution in [1.29, 1.82) is 0 Å².